The van der Waals surface area contributed by atoms with Crippen molar-refractivity contribution in [3.8, 4) is 11.5 Å². The first-order valence-electron chi connectivity index (χ1n) is 11.1. The molecule has 0 atom stereocenters. The molecule has 0 aliphatic rings. The lowest BCUT2D eigenvalue weighted by atomic mass is 10.2. The quantitative estimate of drug-likeness (QED) is 0.182. The van der Waals surface area contributed by atoms with E-state index in [1.54, 1.807) is 48.5 Å². The first-order valence-corrected chi connectivity index (χ1v) is 12.3. The van der Waals surface area contributed by atoms with E-state index in [0.29, 0.717) is 51.1 Å². The van der Waals surface area contributed by atoms with E-state index < -0.39 is 11.8 Å². The van der Waals surface area contributed by atoms with Crippen LogP contribution in [0.4, 0.5) is 11.4 Å². The van der Waals surface area contributed by atoms with Gasteiger partial charge in [-0.1, -0.05) is 23.7 Å². The van der Waals surface area contributed by atoms with Crippen LogP contribution in [0.25, 0.3) is 0 Å². The smallest absolute Gasteiger partial charge is 0.329 e. The van der Waals surface area contributed by atoms with Crippen LogP contribution in [0.2, 0.25) is 5.02 Å². The van der Waals surface area contributed by atoms with Crippen LogP contribution >= 0.6 is 27.5 Å². The average Bonchev–Trinajstić information content (AvgIpc) is 2.85. The average molecular weight is 588 g/mol. The zero-order valence-corrected chi connectivity index (χ0v) is 22.4. The van der Waals surface area contributed by atoms with Gasteiger partial charge in [-0.25, -0.2) is 5.43 Å². The summed E-state index contributed by atoms with van der Waals surface area (Å²) in [5.41, 5.74) is 4.68. The molecule has 9 nitrogen and oxygen atoms in total. The Hall–Kier alpha value is -3.89. The molecule has 0 saturated heterocycles. The molecule has 11 heteroatoms. The zero-order valence-electron chi connectivity index (χ0n) is 20.0. The first kappa shape index (κ1) is 27.7. The van der Waals surface area contributed by atoms with E-state index in [0.717, 1.165) is 5.56 Å². The maximum Gasteiger partial charge on any atom is 0.329 e. The van der Waals surface area contributed by atoms with Gasteiger partial charge in [0.15, 0.2) is 11.5 Å². The number of rotatable bonds is 9. The normalized spacial score (nSPS) is 10.6. The van der Waals surface area contributed by atoms with Crippen LogP contribution < -0.4 is 25.5 Å². The Labute approximate surface area is 227 Å². The summed E-state index contributed by atoms with van der Waals surface area (Å²) in [4.78, 5) is 35.4. The van der Waals surface area contributed by atoms with Crippen molar-refractivity contribution >= 4 is 62.8 Å². The Balaban J connectivity index is 1.60. The highest BCUT2D eigenvalue weighted by atomic mass is 79.9. The highest BCUT2D eigenvalue weighted by molar-refractivity contribution is 9.10. The summed E-state index contributed by atoms with van der Waals surface area (Å²) in [6.45, 7) is 3.96. The molecule has 0 spiro atoms. The van der Waals surface area contributed by atoms with Crippen molar-refractivity contribution in [1.29, 1.82) is 0 Å². The molecule has 3 aromatic rings. The Morgan fingerprint density at radius 3 is 2.22 bits per heavy atom. The van der Waals surface area contributed by atoms with Gasteiger partial charge in [0.25, 0.3) is 0 Å². The number of anilines is 2. The van der Waals surface area contributed by atoms with Gasteiger partial charge in [0.05, 0.1) is 17.3 Å². The molecule has 192 valence electrons. The van der Waals surface area contributed by atoms with Gasteiger partial charge in [-0.15, -0.1) is 0 Å². The van der Waals surface area contributed by atoms with Crippen molar-refractivity contribution in [1.82, 2.24) is 5.43 Å². The van der Waals surface area contributed by atoms with Crippen LogP contribution in [0.3, 0.4) is 0 Å². The lowest BCUT2D eigenvalue weighted by Gasteiger charge is -2.14. The molecule has 0 heterocycles. The van der Waals surface area contributed by atoms with Crippen LogP contribution in [-0.4, -0.2) is 30.5 Å². The second-order valence-corrected chi connectivity index (χ2v) is 8.88. The van der Waals surface area contributed by atoms with E-state index in [1.165, 1.54) is 13.1 Å². The molecule has 3 amide bonds. The summed E-state index contributed by atoms with van der Waals surface area (Å²) in [5, 5.41) is 9.57. The van der Waals surface area contributed by atoms with Gasteiger partial charge in [0, 0.05) is 23.3 Å². The highest BCUT2D eigenvalue weighted by Crippen LogP contribution is 2.37. The minimum atomic E-state index is -0.950. The third-order valence-corrected chi connectivity index (χ3v) is 5.52. The minimum absolute atomic E-state index is 0.213. The molecule has 0 aromatic heterocycles. The third kappa shape index (κ3) is 8.62. The standard InChI is InChI=1S/C26H24BrClN4O5/c1-3-36-23-13-18(12-22(27)24(23)37-15-17-4-6-19(28)7-5-17)14-29-32-26(35)25(34)31-21-10-8-20(9-11-21)30-16(2)33/h4-14H,3,15H2,1-2H3,(H,30,33)(H,31,34)(H,32,35). The van der Waals surface area contributed by atoms with Gasteiger partial charge >= 0.3 is 11.8 Å². The monoisotopic (exact) mass is 586 g/mol. The maximum atomic E-state index is 12.1. The number of ether oxygens (including phenoxy) is 2. The van der Waals surface area contributed by atoms with Crippen LogP contribution in [0.5, 0.6) is 11.5 Å². The number of halogens is 2. The molecule has 0 unspecified atom stereocenters. The number of hydrogen-bond donors (Lipinski definition) is 3. The fourth-order valence-corrected chi connectivity index (χ4v) is 3.75. The molecular formula is C26H24BrClN4O5. The molecule has 0 aliphatic heterocycles. The Morgan fingerprint density at radius 2 is 1.59 bits per heavy atom. The molecule has 0 aliphatic carbocycles. The van der Waals surface area contributed by atoms with Crippen molar-refractivity contribution in [2.75, 3.05) is 17.2 Å². The van der Waals surface area contributed by atoms with Crippen LogP contribution in [-0.2, 0) is 21.0 Å². The van der Waals surface area contributed by atoms with Crippen LogP contribution in [0.1, 0.15) is 25.0 Å². The lowest BCUT2D eigenvalue weighted by Crippen LogP contribution is -2.32. The predicted molar refractivity (Wildman–Crippen MR) is 146 cm³/mol. The van der Waals surface area contributed by atoms with E-state index in [9.17, 15) is 14.4 Å². The number of hydrazone groups is 1. The lowest BCUT2D eigenvalue weighted by molar-refractivity contribution is -0.136. The molecule has 3 aromatic carbocycles. The van der Waals surface area contributed by atoms with Gasteiger partial charge in [-0.05, 0) is 82.5 Å². The topological polar surface area (TPSA) is 118 Å². The molecule has 3 N–H and O–H groups in total. The second kappa shape index (κ2) is 13.4. The number of nitrogens with one attached hydrogen (secondary N) is 3. The molecular weight excluding hydrogens is 564 g/mol. The zero-order chi connectivity index (χ0) is 26.8. The van der Waals surface area contributed by atoms with Gasteiger partial charge in [0.1, 0.15) is 6.61 Å². The number of hydrogen-bond acceptors (Lipinski definition) is 6. The number of carbonyl (C=O) groups is 3. The summed E-state index contributed by atoms with van der Waals surface area (Å²) in [7, 11) is 0. The van der Waals surface area contributed by atoms with E-state index in [4.69, 9.17) is 21.1 Å². The van der Waals surface area contributed by atoms with Crippen molar-refractivity contribution < 1.29 is 23.9 Å². The van der Waals surface area contributed by atoms with E-state index in [2.05, 4.69) is 37.1 Å². The highest BCUT2D eigenvalue weighted by Gasteiger charge is 2.14. The summed E-state index contributed by atoms with van der Waals surface area (Å²) < 4.78 is 12.3. The van der Waals surface area contributed by atoms with Crippen molar-refractivity contribution in [3.05, 3.63) is 81.3 Å². The van der Waals surface area contributed by atoms with E-state index in [1.807, 2.05) is 19.1 Å². The number of nitrogens with zero attached hydrogens (tertiary/aromatic N) is 1. The molecule has 3 rings (SSSR count). The van der Waals surface area contributed by atoms with E-state index >= 15 is 0 Å². The number of carbonyl (C=O) groups excluding carboxylic acids is 3. The second-order valence-electron chi connectivity index (χ2n) is 7.59. The Morgan fingerprint density at radius 1 is 0.946 bits per heavy atom. The van der Waals surface area contributed by atoms with Crippen LogP contribution in [0.15, 0.2) is 70.2 Å². The van der Waals surface area contributed by atoms with Crippen molar-refractivity contribution in [2.24, 2.45) is 5.10 Å². The first-order chi connectivity index (χ1) is 17.7. The fraction of sp³-hybridized carbons (Fsp3) is 0.154. The van der Waals surface area contributed by atoms with Gasteiger partial charge < -0.3 is 20.1 Å². The van der Waals surface area contributed by atoms with E-state index in [-0.39, 0.29) is 5.91 Å². The summed E-state index contributed by atoms with van der Waals surface area (Å²) >= 11 is 9.42. The summed E-state index contributed by atoms with van der Waals surface area (Å²) in [6, 6.07) is 17.1. The molecule has 37 heavy (non-hydrogen) atoms. The third-order valence-electron chi connectivity index (χ3n) is 4.68. The molecule has 0 fully saturated rings. The predicted octanol–water partition coefficient (Wildman–Crippen LogP) is 5.13. The van der Waals surface area contributed by atoms with Crippen molar-refractivity contribution in [3.63, 3.8) is 0 Å². The van der Waals surface area contributed by atoms with Gasteiger partial charge in [0.2, 0.25) is 5.91 Å². The number of amides is 3. The largest absolute Gasteiger partial charge is 0.490 e. The van der Waals surface area contributed by atoms with Gasteiger partial charge in [-0.3, -0.25) is 14.4 Å². The minimum Gasteiger partial charge on any atom is -0.490 e. The molecule has 0 radical (unpaired) electrons. The Bertz CT molecular complexity index is 1300. The molecule has 0 bridgehead atoms. The Kier molecular flexibility index (Phi) is 10.0. The fourth-order valence-electron chi connectivity index (χ4n) is 3.05. The van der Waals surface area contributed by atoms with Gasteiger partial charge in [-0.2, -0.15) is 5.10 Å². The summed E-state index contributed by atoms with van der Waals surface area (Å²) in [6.07, 6.45) is 1.38. The maximum absolute atomic E-state index is 12.1. The number of benzene rings is 3. The SMILES string of the molecule is CCOc1cc(C=NNC(=O)C(=O)Nc2ccc(NC(C)=O)cc2)cc(Br)c1OCc1ccc(Cl)cc1. The molecule has 0 saturated carbocycles. The van der Waals surface area contributed by atoms with Crippen LogP contribution in [0, 0.1) is 0 Å². The summed E-state index contributed by atoms with van der Waals surface area (Å²) in [5.74, 6) is -1.06. The van der Waals surface area contributed by atoms with Crippen molar-refractivity contribution in [2.45, 2.75) is 20.5 Å².